The summed E-state index contributed by atoms with van der Waals surface area (Å²) in [5.41, 5.74) is 6.85. The van der Waals surface area contributed by atoms with Gasteiger partial charge >= 0.3 is 0 Å². The topological polar surface area (TPSA) is 82.9 Å². The third kappa shape index (κ3) is 2.19. The Balaban J connectivity index is 2.60. The second-order valence-electron chi connectivity index (χ2n) is 4.72. The average molecular weight is 278 g/mol. The molecule has 7 nitrogen and oxygen atoms in total. The van der Waals surface area contributed by atoms with Crippen molar-refractivity contribution >= 4 is 0 Å². The van der Waals surface area contributed by atoms with Crippen LogP contribution in [0.2, 0.25) is 0 Å². The minimum atomic E-state index is -0.207. The number of rotatable bonds is 5. The minimum absolute atomic E-state index is 0.207. The number of nitrogens with two attached hydrogens (primary N) is 1. The zero-order valence-electron chi connectivity index (χ0n) is 12.6. The van der Waals surface area contributed by atoms with E-state index in [-0.39, 0.29) is 6.04 Å². The van der Waals surface area contributed by atoms with Crippen molar-refractivity contribution in [2.75, 3.05) is 7.11 Å². The number of aryl methyl sites for hydroxylation is 3. The molecule has 0 radical (unpaired) electrons. The average Bonchev–Trinajstić information content (AvgIpc) is 2.95. The normalized spacial score (nSPS) is 12.7. The van der Waals surface area contributed by atoms with Crippen LogP contribution < -0.4 is 16.0 Å². The van der Waals surface area contributed by atoms with Gasteiger partial charge in [-0.3, -0.25) is 15.2 Å². The summed E-state index contributed by atoms with van der Waals surface area (Å²) in [4.78, 5) is 0. The minimum Gasteiger partial charge on any atom is -0.493 e. The molecule has 0 bridgehead atoms. The van der Waals surface area contributed by atoms with Crippen LogP contribution in [0, 0.1) is 13.8 Å². The lowest BCUT2D eigenvalue weighted by Crippen LogP contribution is -2.31. The predicted octanol–water partition coefficient (Wildman–Crippen LogP) is 0.815. The van der Waals surface area contributed by atoms with E-state index in [0.29, 0.717) is 0 Å². The molecule has 7 heteroatoms. The Kier molecular flexibility index (Phi) is 4.10. The second kappa shape index (κ2) is 5.64. The lowest BCUT2D eigenvalue weighted by Gasteiger charge is -2.19. The first-order valence-corrected chi connectivity index (χ1v) is 6.61. The number of aromatic nitrogens is 4. The van der Waals surface area contributed by atoms with Gasteiger partial charge < -0.3 is 4.74 Å². The Hall–Kier alpha value is -1.86. The van der Waals surface area contributed by atoms with E-state index in [1.807, 2.05) is 37.2 Å². The van der Waals surface area contributed by atoms with Crippen LogP contribution in [0.1, 0.15) is 35.6 Å². The van der Waals surface area contributed by atoms with Crippen LogP contribution in [-0.4, -0.2) is 26.7 Å². The van der Waals surface area contributed by atoms with Crippen molar-refractivity contribution in [3.8, 4) is 5.75 Å². The summed E-state index contributed by atoms with van der Waals surface area (Å²) in [7, 11) is 3.56. The standard InChI is InChI=1S/C13H22N6O/c1-6-19-13(10(20-5)7-15-19)12(16-14)11-8(2)17-18(4)9(11)3/h7,12,16H,6,14H2,1-5H3. The molecule has 0 spiro atoms. The molecule has 110 valence electrons. The number of nitrogens with zero attached hydrogens (tertiary/aromatic N) is 4. The maximum absolute atomic E-state index is 5.81. The first kappa shape index (κ1) is 14.5. The van der Waals surface area contributed by atoms with Crippen molar-refractivity contribution in [1.29, 1.82) is 0 Å². The largest absolute Gasteiger partial charge is 0.493 e. The Morgan fingerprint density at radius 1 is 1.45 bits per heavy atom. The molecule has 0 fully saturated rings. The van der Waals surface area contributed by atoms with Gasteiger partial charge in [0.05, 0.1) is 25.0 Å². The number of hydrogen-bond acceptors (Lipinski definition) is 5. The molecule has 0 aromatic carbocycles. The fourth-order valence-electron chi connectivity index (χ4n) is 2.58. The van der Waals surface area contributed by atoms with Crippen LogP contribution in [0.15, 0.2) is 6.20 Å². The summed E-state index contributed by atoms with van der Waals surface area (Å²) in [6.45, 7) is 6.78. The van der Waals surface area contributed by atoms with E-state index in [1.165, 1.54) is 0 Å². The highest BCUT2D eigenvalue weighted by atomic mass is 16.5. The lowest BCUT2D eigenvalue weighted by molar-refractivity contribution is 0.399. The maximum Gasteiger partial charge on any atom is 0.161 e. The Bertz CT molecular complexity index is 579. The number of hydrogen-bond donors (Lipinski definition) is 2. The van der Waals surface area contributed by atoms with Gasteiger partial charge in [-0.1, -0.05) is 0 Å². The summed E-state index contributed by atoms with van der Waals surface area (Å²) >= 11 is 0. The van der Waals surface area contributed by atoms with Gasteiger partial charge in [0, 0.05) is 24.8 Å². The molecule has 0 saturated carbocycles. The lowest BCUT2D eigenvalue weighted by atomic mass is 10.0. The molecule has 20 heavy (non-hydrogen) atoms. The summed E-state index contributed by atoms with van der Waals surface area (Å²) in [5.74, 6) is 6.53. The SMILES string of the molecule is CCn1ncc(OC)c1C(NN)c1c(C)nn(C)c1C. The smallest absolute Gasteiger partial charge is 0.161 e. The maximum atomic E-state index is 5.81. The first-order chi connectivity index (χ1) is 9.54. The fraction of sp³-hybridized carbons (Fsp3) is 0.538. The summed E-state index contributed by atoms with van der Waals surface area (Å²) in [6.07, 6.45) is 1.71. The van der Waals surface area contributed by atoms with E-state index in [2.05, 4.69) is 15.6 Å². The van der Waals surface area contributed by atoms with Gasteiger partial charge in [0.15, 0.2) is 5.75 Å². The van der Waals surface area contributed by atoms with E-state index in [9.17, 15) is 0 Å². The third-order valence-electron chi connectivity index (χ3n) is 3.66. The number of ether oxygens (including phenoxy) is 1. The van der Waals surface area contributed by atoms with Crippen LogP contribution in [0.3, 0.4) is 0 Å². The summed E-state index contributed by atoms with van der Waals surface area (Å²) in [6, 6.07) is -0.207. The van der Waals surface area contributed by atoms with Crippen molar-refractivity contribution < 1.29 is 4.74 Å². The zero-order chi connectivity index (χ0) is 14.9. The molecule has 2 aromatic rings. The van der Waals surface area contributed by atoms with Crippen molar-refractivity contribution in [3.63, 3.8) is 0 Å². The van der Waals surface area contributed by atoms with E-state index >= 15 is 0 Å². The zero-order valence-corrected chi connectivity index (χ0v) is 12.6. The van der Waals surface area contributed by atoms with Gasteiger partial charge in [-0.15, -0.1) is 0 Å². The predicted molar refractivity (Wildman–Crippen MR) is 76.3 cm³/mol. The molecular formula is C13H22N6O. The third-order valence-corrected chi connectivity index (χ3v) is 3.66. The van der Waals surface area contributed by atoms with Crippen LogP contribution in [0.5, 0.6) is 5.75 Å². The van der Waals surface area contributed by atoms with E-state index in [1.54, 1.807) is 13.3 Å². The molecule has 3 N–H and O–H groups in total. The molecule has 1 unspecified atom stereocenters. The number of methoxy groups -OCH3 is 1. The highest BCUT2D eigenvalue weighted by Crippen LogP contribution is 2.32. The monoisotopic (exact) mass is 278 g/mol. The molecule has 2 heterocycles. The van der Waals surface area contributed by atoms with Crippen molar-refractivity contribution in [1.82, 2.24) is 25.0 Å². The molecule has 2 aromatic heterocycles. The molecule has 0 saturated heterocycles. The molecule has 0 aliphatic rings. The van der Waals surface area contributed by atoms with E-state index in [4.69, 9.17) is 10.6 Å². The van der Waals surface area contributed by atoms with Gasteiger partial charge in [-0.05, 0) is 20.8 Å². The Morgan fingerprint density at radius 3 is 2.60 bits per heavy atom. The van der Waals surface area contributed by atoms with Gasteiger partial charge in [0.25, 0.3) is 0 Å². The van der Waals surface area contributed by atoms with Crippen LogP contribution in [-0.2, 0) is 13.6 Å². The van der Waals surface area contributed by atoms with E-state index < -0.39 is 0 Å². The van der Waals surface area contributed by atoms with Crippen molar-refractivity contribution in [3.05, 3.63) is 28.8 Å². The summed E-state index contributed by atoms with van der Waals surface area (Å²) in [5, 5.41) is 8.79. The number of nitrogens with one attached hydrogen (secondary N) is 1. The van der Waals surface area contributed by atoms with Gasteiger partial charge in [0.2, 0.25) is 0 Å². The van der Waals surface area contributed by atoms with Crippen molar-refractivity contribution in [2.45, 2.75) is 33.4 Å². The number of hydrazine groups is 1. The first-order valence-electron chi connectivity index (χ1n) is 6.61. The van der Waals surface area contributed by atoms with Crippen LogP contribution >= 0.6 is 0 Å². The molecule has 1 atom stereocenters. The van der Waals surface area contributed by atoms with Crippen LogP contribution in [0.4, 0.5) is 0 Å². The molecule has 0 aliphatic heterocycles. The van der Waals surface area contributed by atoms with Crippen LogP contribution in [0.25, 0.3) is 0 Å². The molecule has 0 aliphatic carbocycles. The fourth-order valence-corrected chi connectivity index (χ4v) is 2.58. The molecule has 2 rings (SSSR count). The molecule has 0 amide bonds. The quantitative estimate of drug-likeness (QED) is 0.625. The molecular weight excluding hydrogens is 256 g/mol. The highest BCUT2D eigenvalue weighted by molar-refractivity contribution is 5.40. The van der Waals surface area contributed by atoms with E-state index in [0.717, 1.165) is 34.9 Å². The van der Waals surface area contributed by atoms with Gasteiger partial charge in [0.1, 0.15) is 5.69 Å². The van der Waals surface area contributed by atoms with Gasteiger partial charge in [-0.2, -0.15) is 10.2 Å². The Labute approximate surface area is 118 Å². The second-order valence-corrected chi connectivity index (χ2v) is 4.72. The van der Waals surface area contributed by atoms with Gasteiger partial charge in [-0.25, -0.2) is 5.43 Å². The Morgan fingerprint density at radius 2 is 2.15 bits per heavy atom. The summed E-state index contributed by atoms with van der Waals surface area (Å²) < 4.78 is 9.15. The highest BCUT2D eigenvalue weighted by Gasteiger charge is 2.27. The van der Waals surface area contributed by atoms with Crippen molar-refractivity contribution in [2.24, 2.45) is 12.9 Å².